The zero-order chi connectivity index (χ0) is 20.2. The van der Waals surface area contributed by atoms with Crippen molar-refractivity contribution in [3.05, 3.63) is 0 Å². The Morgan fingerprint density at radius 3 is 1.58 bits per heavy atom. The van der Waals surface area contributed by atoms with Crippen molar-refractivity contribution in [1.29, 1.82) is 0 Å². The van der Waals surface area contributed by atoms with Crippen molar-refractivity contribution in [2.75, 3.05) is 6.61 Å². The van der Waals surface area contributed by atoms with Gasteiger partial charge in [-0.15, -0.1) is 0 Å². The van der Waals surface area contributed by atoms with E-state index in [1.54, 1.807) is 0 Å². The van der Waals surface area contributed by atoms with Crippen molar-refractivity contribution in [2.24, 2.45) is 0 Å². The molecule has 0 amide bonds. The van der Waals surface area contributed by atoms with E-state index in [9.17, 15) is 14.4 Å². The number of carbonyl (C=O) groups is 4. The smallest absolute Gasteiger partial charge is 0.473 e. The molecule has 0 rings (SSSR count). The Morgan fingerprint density at radius 1 is 0.731 bits per heavy atom. The first kappa shape index (κ1) is 26.3. The molecule has 0 aromatic rings. The first-order valence-electron chi connectivity index (χ1n) is 8.50. The fourth-order valence-electron chi connectivity index (χ4n) is 1.93. The number of hydrogen-bond donors (Lipinski definition) is 3. The van der Waals surface area contributed by atoms with E-state index in [2.05, 4.69) is 33.8 Å². The number of ether oxygens (including phenoxy) is 3. The summed E-state index contributed by atoms with van der Waals surface area (Å²) in [4.78, 5) is 40.4. The lowest BCUT2D eigenvalue weighted by Gasteiger charge is -2.04. The van der Waals surface area contributed by atoms with Crippen LogP contribution in [0.4, 0.5) is 19.2 Å². The summed E-state index contributed by atoms with van der Waals surface area (Å²) in [6.45, 7) is 2.34. The van der Waals surface area contributed by atoms with E-state index < -0.39 is 23.8 Å². The molecular formula is C16H28O9S. The van der Waals surface area contributed by atoms with Crippen LogP contribution >= 0.6 is 12.6 Å². The second kappa shape index (κ2) is 19.4. The summed E-state index contributed by atoms with van der Waals surface area (Å²) in [5.41, 5.74) is 0. The lowest BCUT2D eigenvalue weighted by atomic mass is 10.1. The van der Waals surface area contributed by atoms with E-state index in [1.165, 1.54) is 44.9 Å². The van der Waals surface area contributed by atoms with Gasteiger partial charge in [-0.25, -0.2) is 19.2 Å². The van der Waals surface area contributed by atoms with Crippen molar-refractivity contribution < 1.29 is 43.6 Å². The molecule has 0 spiro atoms. The fourth-order valence-corrected chi connectivity index (χ4v) is 1.93. The lowest BCUT2D eigenvalue weighted by molar-refractivity contribution is 0.0385. The molecule has 152 valence electrons. The molecule has 0 aromatic carbocycles. The number of hydrogen-bond acceptors (Lipinski definition) is 7. The topological polar surface area (TPSA) is 136 Å². The Bertz CT molecular complexity index is 409. The molecule has 0 aliphatic heterocycles. The minimum absolute atomic E-state index is 0.135. The van der Waals surface area contributed by atoms with Gasteiger partial charge in [-0.3, -0.25) is 0 Å². The van der Waals surface area contributed by atoms with Crippen LogP contribution in [0.1, 0.15) is 71.1 Å². The van der Waals surface area contributed by atoms with Crippen molar-refractivity contribution >= 4 is 36.4 Å². The lowest BCUT2D eigenvalue weighted by Crippen LogP contribution is -2.17. The summed E-state index contributed by atoms with van der Waals surface area (Å²) in [5, 5.41) is 14.2. The summed E-state index contributed by atoms with van der Waals surface area (Å²) in [6, 6.07) is 0. The van der Waals surface area contributed by atoms with Crippen LogP contribution in [0, 0.1) is 0 Å². The van der Waals surface area contributed by atoms with Gasteiger partial charge in [0.1, 0.15) is 0 Å². The molecule has 0 fully saturated rings. The molecule has 0 unspecified atom stereocenters. The van der Waals surface area contributed by atoms with Crippen molar-refractivity contribution in [3.8, 4) is 0 Å². The largest absolute Gasteiger partial charge is 0.528 e. The monoisotopic (exact) mass is 396 g/mol. The highest BCUT2D eigenvalue weighted by atomic mass is 32.1. The highest BCUT2D eigenvalue weighted by molar-refractivity contribution is 7.96. The van der Waals surface area contributed by atoms with Crippen molar-refractivity contribution in [1.82, 2.24) is 0 Å². The number of rotatable bonds is 11. The molecule has 9 nitrogen and oxygen atoms in total. The van der Waals surface area contributed by atoms with Crippen molar-refractivity contribution in [2.45, 2.75) is 71.1 Å². The maximum atomic E-state index is 11.0. The molecule has 0 aromatic heterocycles. The quantitative estimate of drug-likeness (QED) is 0.180. The van der Waals surface area contributed by atoms with Gasteiger partial charge in [-0.2, -0.15) is 0 Å². The Morgan fingerprint density at radius 2 is 1.15 bits per heavy atom. The molecule has 0 bridgehead atoms. The van der Waals surface area contributed by atoms with Crippen LogP contribution < -0.4 is 0 Å². The van der Waals surface area contributed by atoms with Gasteiger partial charge >= 0.3 is 23.8 Å². The average molecular weight is 396 g/mol. The molecule has 10 heteroatoms. The van der Waals surface area contributed by atoms with Gasteiger partial charge in [0.15, 0.2) is 0 Å². The molecular weight excluding hydrogens is 368 g/mol. The third-order valence-electron chi connectivity index (χ3n) is 3.06. The van der Waals surface area contributed by atoms with E-state index in [0.717, 1.165) is 12.8 Å². The van der Waals surface area contributed by atoms with E-state index in [-0.39, 0.29) is 6.61 Å². The molecule has 0 saturated heterocycles. The zero-order valence-electron chi connectivity index (χ0n) is 15.0. The van der Waals surface area contributed by atoms with E-state index >= 15 is 0 Å². The average Bonchev–Trinajstić information content (AvgIpc) is 2.51. The SMILES string of the molecule is CCCCCCCCCCCCOC(=O)OC(=O)OC(=O)O.O=C(O)S. The van der Waals surface area contributed by atoms with Crippen LogP contribution in [0.25, 0.3) is 0 Å². The third kappa shape index (κ3) is 26.9. The summed E-state index contributed by atoms with van der Waals surface area (Å²) < 4.78 is 12.1. The van der Waals surface area contributed by atoms with Crippen LogP contribution in [0.3, 0.4) is 0 Å². The van der Waals surface area contributed by atoms with Crippen LogP contribution in [0.15, 0.2) is 0 Å². The van der Waals surface area contributed by atoms with E-state index in [4.69, 9.17) is 15.0 Å². The Labute approximate surface area is 158 Å². The van der Waals surface area contributed by atoms with Gasteiger partial charge in [-0.05, 0) is 6.42 Å². The van der Waals surface area contributed by atoms with Gasteiger partial charge in [0.2, 0.25) is 0 Å². The first-order valence-corrected chi connectivity index (χ1v) is 8.95. The number of carboxylic acid groups (broad SMARTS) is 2. The Hall–Kier alpha value is -1.97. The van der Waals surface area contributed by atoms with Gasteiger partial charge < -0.3 is 24.4 Å². The predicted octanol–water partition coefficient (Wildman–Crippen LogP) is 5.47. The second-order valence-corrected chi connectivity index (χ2v) is 5.67. The number of unbranched alkanes of at least 4 members (excludes halogenated alkanes) is 9. The summed E-state index contributed by atoms with van der Waals surface area (Å²) in [6.07, 6.45) is 6.85. The molecule has 0 saturated carbocycles. The van der Waals surface area contributed by atoms with E-state index in [1.807, 2.05) is 0 Å². The standard InChI is InChI=1S/C15H26O7.CH2O2S/c1-2-3-4-5-6-7-8-9-10-11-12-20-14(18)22-15(19)21-13(16)17;2-1(3)4/h2-12H2,1H3,(H,16,17);4H,(H,2,3). The van der Waals surface area contributed by atoms with Crippen molar-refractivity contribution in [3.63, 3.8) is 0 Å². The third-order valence-corrected chi connectivity index (χ3v) is 3.06. The number of thiol groups is 1. The summed E-state index contributed by atoms with van der Waals surface area (Å²) in [5.74, 6) is 0. The Balaban J connectivity index is 0. The van der Waals surface area contributed by atoms with Crippen LogP contribution in [0.2, 0.25) is 0 Å². The van der Waals surface area contributed by atoms with Crippen LogP contribution in [0.5, 0.6) is 0 Å². The summed E-state index contributed by atoms with van der Waals surface area (Å²) in [7, 11) is 0. The minimum Gasteiger partial charge on any atom is -0.473 e. The van der Waals surface area contributed by atoms with Gasteiger partial charge in [-0.1, -0.05) is 77.3 Å². The second-order valence-electron chi connectivity index (χ2n) is 5.28. The molecule has 0 radical (unpaired) electrons. The maximum absolute atomic E-state index is 11.0. The zero-order valence-corrected chi connectivity index (χ0v) is 15.9. The molecule has 0 atom stereocenters. The molecule has 0 heterocycles. The summed E-state index contributed by atoms with van der Waals surface area (Å²) >= 11 is 2.88. The fraction of sp³-hybridized carbons (Fsp3) is 0.750. The first-order chi connectivity index (χ1) is 12.3. The predicted molar refractivity (Wildman–Crippen MR) is 95.8 cm³/mol. The highest BCUT2D eigenvalue weighted by Gasteiger charge is 2.16. The molecule has 26 heavy (non-hydrogen) atoms. The van der Waals surface area contributed by atoms with Crippen LogP contribution in [-0.2, 0) is 14.2 Å². The van der Waals surface area contributed by atoms with E-state index in [0.29, 0.717) is 6.42 Å². The van der Waals surface area contributed by atoms with Gasteiger partial charge in [0.25, 0.3) is 0 Å². The Kier molecular flexibility index (Phi) is 19.6. The molecule has 0 aliphatic rings. The normalized spacial score (nSPS) is 9.46. The highest BCUT2D eigenvalue weighted by Crippen LogP contribution is 2.10. The van der Waals surface area contributed by atoms with Crippen LogP contribution in [-0.4, -0.2) is 40.6 Å². The maximum Gasteiger partial charge on any atom is 0.528 e. The molecule has 0 aliphatic carbocycles. The van der Waals surface area contributed by atoms with Gasteiger partial charge in [0, 0.05) is 0 Å². The van der Waals surface area contributed by atoms with Gasteiger partial charge in [0.05, 0.1) is 6.61 Å². The number of carbonyl (C=O) groups excluding carboxylic acids is 2. The molecule has 2 N–H and O–H groups in total. The minimum atomic E-state index is -1.84.